The van der Waals surface area contributed by atoms with Crippen LogP contribution in [0, 0.1) is 0 Å². The van der Waals surface area contributed by atoms with Gasteiger partial charge in [-0.15, -0.1) is 0 Å². The molecule has 16 heavy (non-hydrogen) atoms. The van der Waals surface area contributed by atoms with E-state index in [1.807, 2.05) is 0 Å². The average Bonchev–Trinajstić information content (AvgIpc) is 2.79. The molecule has 0 amide bonds. The number of hydrogen-bond acceptors (Lipinski definition) is 2. The number of nitrogens with zero attached hydrogens (tertiary/aromatic N) is 3. The standard InChI is InChI=1S/C11H17N3S2/c1-13-6-2-4-9(13)12-10(15)8-14-7-3-5-11(14)16/h2-8H2,1H3. The maximum atomic E-state index is 5.32. The van der Waals surface area contributed by atoms with Crippen LogP contribution in [0.1, 0.15) is 25.7 Å². The number of hydrogen-bond donors (Lipinski definition) is 0. The van der Waals surface area contributed by atoms with Gasteiger partial charge in [0.2, 0.25) is 0 Å². The predicted octanol–water partition coefficient (Wildman–Crippen LogP) is 1.86. The molecule has 0 saturated carbocycles. The fourth-order valence-electron chi connectivity index (χ4n) is 2.15. The summed E-state index contributed by atoms with van der Waals surface area (Å²) in [6, 6.07) is 0. The second-order valence-electron chi connectivity index (χ2n) is 4.37. The van der Waals surface area contributed by atoms with Gasteiger partial charge >= 0.3 is 0 Å². The summed E-state index contributed by atoms with van der Waals surface area (Å²) in [5.74, 6) is 1.13. The van der Waals surface area contributed by atoms with Crippen LogP contribution in [0.2, 0.25) is 0 Å². The lowest BCUT2D eigenvalue weighted by Gasteiger charge is -2.17. The molecule has 0 unspecified atom stereocenters. The first-order valence-corrected chi connectivity index (χ1v) is 6.58. The first kappa shape index (κ1) is 11.9. The minimum atomic E-state index is 0.728. The molecular formula is C11H17N3S2. The minimum Gasteiger partial charge on any atom is -0.363 e. The molecule has 0 aromatic carbocycles. The summed E-state index contributed by atoms with van der Waals surface area (Å²) >= 11 is 10.6. The van der Waals surface area contributed by atoms with Gasteiger partial charge in [-0.25, -0.2) is 4.99 Å². The second-order valence-corrected chi connectivity index (χ2v) is 5.31. The molecule has 0 aromatic rings. The van der Waals surface area contributed by atoms with Crippen LogP contribution < -0.4 is 0 Å². The molecule has 88 valence electrons. The average molecular weight is 255 g/mol. The van der Waals surface area contributed by atoms with Crippen LogP contribution in [0.4, 0.5) is 0 Å². The summed E-state index contributed by atoms with van der Waals surface area (Å²) in [6.07, 6.45) is 4.45. The lowest BCUT2D eigenvalue weighted by molar-refractivity contribution is 0.521. The number of amidine groups is 1. The number of thiocarbonyl (C=S) groups is 2. The lowest BCUT2D eigenvalue weighted by Crippen LogP contribution is -2.29. The smallest absolute Gasteiger partial charge is 0.124 e. The van der Waals surface area contributed by atoms with Crippen molar-refractivity contribution >= 4 is 40.2 Å². The van der Waals surface area contributed by atoms with Crippen molar-refractivity contribution in [2.24, 2.45) is 4.99 Å². The van der Waals surface area contributed by atoms with Crippen molar-refractivity contribution in [3.63, 3.8) is 0 Å². The molecule has 2 heterocycles. The van der Waals surface area contributed by atoms with Crippen LogP contribution in [0.5, 0.6) is 0 Å². The van der Waals surface area contributed by atoms with Gasteiger partial charge in [0.05, 0.1) is 11.5 Å². The molecule has 0 N–H and O–H groups in total. The van der Waals surface area contributed by atoms with Gasteiger partial charge in [-0.1, -0.05) is 24.4 Å². The SMILES string of the molecule is CN1CCCC1=NC(=S)CN1CCCC1=S. The molecule has 0 spiro atoms. The highest BCUT2D eigenvalue weighted by Gasteiger charge is 2.19. The van der Waals surface area contributed by atoms with Crippen molar-refractivity contribution in [3.8, 4) is 0 Å². The summed E-state index contributed by atoms with van der Waals surface area (Å²) in [4.78, 5) is 10.7. The summed E-state index contributed by atoms with van der Waals surface area (Å²) < 4.78 is 0. The highest BCUT2D eigenvalue weighted by Crippen LogP contribution is 2.13. The molecule has 3 nitrogen and oxygen atoms in total. The number of rotatable bonds is 2. The Kier molecular flexibility index (Phi) is 3.86. The molecule has 0 atom stereocenters. The minimum absolute atomic E-state index is 0.728. The predicted molar refractivity (Wildman–Crippen MR) is 75.3 cm³/mol. The van der Waals surface area contributed by atoms with Gasteiger partial charge in [-0.05, 0) is 19.3 Å². The van der Waals surface area contributed by atoms with E-state index in [2.05, 4.69) is 21.8 Å². The van der Waals surface area contributed by atoms with Crippen molar-refractivity contribution < 1.29 is 0 Å². The van der Waals surface area contributed by atoms with E-state index in [1.54, 1.807) is 0 Å². The van der Waals surface area contributed by atoms with E-state index >= 15 is 0 Å². The van der Waals surface area contributed by atoms with E-state index in [1.165, 1.54) is 6.42 Å². The largest absolute Gasteiger partial charge is 0.363 e. The Morgan fingerprint density at radius 3 is 2.62 bits per heavy atom. The Morgan fingerprint density at radius 1 is 1.31 bits per heavy atom. The molecule has 0 radical (unpaired) electrons. The molecule has 2 saturated heterocycles. The lowest BCUT2D eigenvalue weighted by atomic mass is 10.4. The Morgan fingerprint density at radius 2 is 2.06 bits per heavy atom. The highest BCUT2D eigenvalue weighted by molar-refractivity contribution is 7.80. The van der Waals surface area contributed by atoms with Crippen LogP contribution in [0.25, 0.3) is 0 Å². The van der Waals surface area contributed by atoms with E-state index in [9.17, 15) is 0 Å². The molecule has 2 rings (SSSR count). The van der Waals surface area contributed by atoms with E-state index < -0.39 is 0 Å². The van der Waals surface area contributed by atoms with Gasteiger partial charge in [0.15, 0.2) is 0 Å². The third kappa shape index (κ3) is 2.77. The Labute approximate surface area is 108 Å². The van der Waals surface area contributed by atoms with E-state index in [-0.39, 0.29) is 0 Å². The highest BCUT2D eigenvalue weighted by atomic mass is 32.1. The molecule has 0 bridgehead atoms. The summed E-state index contributed by atoms with van der Waals surface area (Å²) in [7, 11) is 2.08. The maximum Gasteiger partial charge on any atom is 0.124 e. The van der Waals surface area contributed by atoms with Gasteiger partial charge < -0.3 is 9.80 Å². The van der Waals surface area contributed by atoms with Crippen molar-refractivity contribution in [2.45, 2.75) is 25.7 Å². The van der Waals surface area contributed by atoms with Crippen LogP contribution in [-0.4, -0.2) is 52.3 Å². The van der Waals surface area contributed by atoms with Crippen molar-refractivity contribution in [2.75, 3.05) is 26.7 Å². The van der Waals surface area contributed by atoms with Gasteiger partial charge in [0.25, 0.3) is 0 Å². The molecule has 2 aliphatic rings. The van der Waals surface area contributed by atoms with Crippen LogP contribution >= 0.6 is 24.4 Å². The zero-order valence-corrected chi connectivity index (χ0v) is 11.2. The fraction of sp³-hybridized carbons (Fsp3) is 0.727. The van der Waals surface area contributed by atoms with Crippen molar-refractivity contribution in [3.05, 3.63) is 0 Å². The Bertz CT molecular complexity index is 338. The normalized spacial score (nSPS) is 23.6. The Hall–Kier alpha value is -0.550. The van der Waals surface area contributed by atoms with Gasteiger partial charge in [-0.3, -0.25) is 0 Å². The molecule has 2 aliphatic heterocycles. The third-order valence-electron chi connectivity index (χ3n) is 3.09. The van der Waals surface area contributed by atoms with Crippen molar-refractivity contribution in [1.82, 2.24) is 9.80 Å². The quantitative estimate of drug-likeness (QED) is 0.701. The second kappa shape index (κ2) is 5.19. The molecule has 2 fully saturated rings. The van der Waals surface area contributed by atoms with Crippen LogP contribution in [-0.2, 0) is 0 Å². The zero-order chi connectivity index (χ0) is 11.5. The van der Waals surface area contributed by atoms with E-state index in [0.717, 1.165) is 54.7 Å². The first-order chi connectivity index (χ1) is 7.66. The number of aliphatic imine (C=N–C) groups is 1. The molecule has 0 aromatic heterocycles. The molecular weight excluding hydrogens is 238 g/mol. The molecule has 0 aliphatic carbocycles. The Balaban J connectivity index is 1.90. The first-order valence-electron chi connectivity index (χ1n) is 5.76. The topological polar surface area (TPSA) is 18.8 Å². The summed E-state index contributed by atoms with van der Waals surface area (Å²) in [6.45, 7) is 2.87. The van der Waals surface area contributed by atoms with Gasteiger partial charge in [0, 0.05) is 26.6 Å². The molecule has 5 heteroatoms. The van der Waals surface area contributed by atoms with Gasteiger partial charge in [-0.2, -0.15) is 0 Å². The monoisotopic (exact) mass is 255 g/mol. The third-order valence-corrected chi connectivity index (χ3v) is 3.77. The van der Waals surface area contributed by atoms with Crippen LogP contribution in [0.15, 0.2) is 4.99 Å². The summed E-state index contributed by atoms with van der Waals surface area (Å²) in [5.41, 5.74) is 0. The zero-order valence-electron chi connectivity index (χ0n) is 9.61. The van der Waals surface area contributed by atoms with Gasteiger partial charge in [0.1, 0.15) is 10.8 Å². The maximum absolute atomic E-state index is 5.32. The van der Waals surface area contributed by atoms with Crippen LogP contribution in [0.3, 0.4) is 0 Å². The fourth-order valence-corrected chi connectivity index (χ4v) is 2.71. The number of likely N-dealkylation sites (tertiary alicyclic amines) is 2. The van der Waals surface area contributed by atoms with E-state index in [4.69, 9.17) is 24.4 Å². The summed E-state index contributed by atoms with van der Waals surface area (Å²) in [5, 5.41) is 0. The van der Waals surface area contributed by atoms with Crippen molar-refractivity contribution in [1.29, 1.82) is 0 Å². The van der Waals surface area contributed by atoms with E-state index in [0.29, 0.717) is 0 Å².